The predicted molar refractivity (Wildman–Crippen MR) is 137 cm³/mol. The van der Waals surface area contributed by atoms with Gasteiger partial charge < -0.3 is 4.74 Å². The number of hydrogen-bond donors (Lipinski definition) is 0. The molecule has 1 aliphatic rings. The third-order valence-electron chi connectivity index (χ3n) is 4.51. The van der Waals surface area contributed by atoms with Crippen LogP contribution in [-0.4, -0.2) is 10.2 Å². The minimum absolute atomic E-state index is 0.253. The summed E-state index contributed by atoms with van der Waals surface area (Å²) in [6.45, 7) is 0.304. The summed E-state index contributed by atoms with van der Waals surface area (Å²) in [7, 11) is 0. The molecule has 0 radical (unpaired) electrons. The van der Waals surface area contributed by atoms with E-state index in [1.165, 1.54) is 28.8 Å². The molecule has 162 valence electrons. The highest BCUT2D eigenvalue weighted by atomic mass is 79.9. The molecule has 1 amide bonds. The number of thioether (sulfide) groups is 1. The van der Waals surface area contributed by atoms with Gasteiger partial charge in [0.25, 0.3) is 5.91 Å². The van der Waals surface area contributed by atoms with Crippen LogP contribution in [0.3, 0.4) is 0 Å². The average molecular weight is 569 g/mol. The predicted octanol–water partition coefficient (Wildman–Crippen LogP) is 7.88. The second-order valence-corrected chi connectivity index (χ2v) is 10.1. The van der Waals surface area contributed by atoms with Gasteiger partial charge in [-0.15, -0.1) is 0 Å². The Morgan fingerprint density at radius 1 is 1.09 bits per heavy atom. The quantitative estimate of drug-likeness (QED) is 0.231. The minimum atomic E-state index is -0.289. The van der Waals surface area contributed by atoms with E-state index in [4.69, 9.17) is 40.2 Å². The van der Waals surface area contributed by atoms with Crippen molar-refractivity contribution in [2.24, 2.45) is 0 Å². The molecule has 3 aromatic carbocycles. The van der Waals surface area contributed by atoms with Gasteiger partial charge in [0.05, 0.1) is 20.1 Å². The fourth-order valence-corrected chi connectivity index (χ4v) is 5.24. The maximum atomic E-state index is 13.0. The first kappa shape index (κ1) is 23.3. The first-order valence-electron chi connectivity index (χ1n) is 9.21. The van der Waals surface area contributed by atoms with Crippen molar-refractivity contribution in [3.63, 3.8) is 0 Å². The van der Waals surface area contributed by atoms with E-state index in [1.807, 2.05) is 12.1 Å². The molecule has 0 bridgehead atoms. The van der Waals surface area contributed by atoms with Gasteiger partial charge >= 0.3 is 0 Å². The van der Waals surface area contributed by atoms with Crippen LogP contribution in [0.1, 0.15) is 11.1 Å². The molecule has 1 fully saturated rings. The molecule has 0 atom stereocenters. The van der Waals surface area contributed by atoms with Gasteiger partial charge in [-0.05, 0) is 75.6 Å². The standard InChI is InChI=1S/C23H13BrCl2FNO2S2/c24-17-9-14(3-8-20(17)30-12-13-1-5-16(27)6-2-13)10-21-22(29)28(23(31)32-21)19-7-4-15(25)11-18(19)26/h1-11H,12H2/b21-10+. The molecule has 4 rings (SSSR count). The molecule has 0 aliphatic carbocycles. The number of amides is 1. The minimum Gasteiger partial charge on any atom is -0.488 e. The van der Waals surface area contributed by atoms with Crippen molar-refractivity contribution >= 4 is 85.1 Å². The number of rotatable bonds is 5. The molecule has 0 spiro atoms. The van der Waals surface area contributed by atoms with Gasteiger partial charge in [0, 0.05) is 5.02 Å². The Morgan fingerprint density at radius 2 is 1.84 bits per heavy atom. The molecule has 32 heavy (non-hydrogen) atoms. The molecule has 0 aromatic heterocycles. The van der Waals surface area contributed by atoms with Crippen LogP contribution in [-0.2, 0) is 11.4 Å². The first-order valence-corrected chi connectivity index (χ1v) is 12.0. The van der Waals surface area contributed by atoms with E-state index in [0.29, 0.717) is 37.3 Å². The molecule has 1 aliphatic heterocycles. The molecular weight excluding hydrogens is 556 g/mol. The number of thiocarbonyl (C=S) groups is 1. The van der Waals surface area contributed by atoms with Crippen LogP contribution in [0.4, 0.5) is 10.1 Å². The number of nitrogens with zero attached hydrogens (tertiary/aromatic N) is 1. The smallest absolute Gasteiger partial charge is 0.270 e. The van der Waals surface area contributed by atoms with Gasteiger partial charge in [-0.3, -0.25) is 9.69 Å². The van der Waals surface area contributed by atoms with Crippen LogP contribution in [0.25, 0.3) is 6.08 Å². The van der Waals surface area contributed by atoms with Gasteiger partial charge in [0.15, 0.2) is 4.32 Å². The lowest BCUT2D eigenvalue weighted by atomic mass is 10.2. The topological polar surface area (TPSA) is 29.5 Å². The van der Waals surface area contributed by atoms with Crippen molar-refractivity contribution in [3.8, 4) is 5.75 Å². The molecule has 9 heteroatoms. The molecule has 0 saturated carbocycles. The van der Waals surface area contributed by atoms with Crippen LogP contribution >= 0.6 is 63.1 Å². The van der Waals surface area contributed by atoms with E-state index < -0.39 is 0 Å². The fourth-order valence-electron chi connectivity index (χ4n) is 2.96. The summed E-state index contributed by atoms with van der Waals surface area (Å²) >= 11 is 22.3. The lowest BCUT2D eigenvalue weighted by molar-refractivity contribution is -0.113. The summed E-state index contributed by atoms with van der Waals surface area (Å²) in [6, 6.07) is 16.5. The van der Waals surface area contributed by atoms with E-state index in [-0.39, 0.29) is 11.7 Å². The molecule has 1 heterocycles. The van der Waals surface area contributed by atoms with Crippen molar-refractivity contribution in [2.75, 3.05) is 4.90 Å². The van der Waals surface area contributed by atoms with Crippen molar-refractivity contribution in [1.29, 1.82) is 0 Å². The van der Waals surface area contributed by atoms with Crippen molar-refractivity contribution in [1.82, 2.24) is 0 Å². The van der Waals surface area contributed by atoms with Crippen LogP contribution < -0.4 is 9.64 Å². The highest BCUT2D eigenvalue weighted by molar-refractivity contribution is 9.10. The van der Waals surface area contributed by atoms with Gasteiger partial charge in [0.2, 0.25) is 0 Å². The number of anilines is 1. The monoisotopic (exact) mass is 567 g/mol. The highest BCUT2D eigenvalue weighted by Gasteiger charge is 2.34. The summed E-state index contributed by atoms with van der Waals surface area (Å²) in [5, 5.41) is 0.826. The van der Waals surface area contributed by atoms with Gasteiger partial charge in [-0.1, -0.05) is 65.4 Å². The van der Waals surface area contributed by atoms with Crippen LogP contribution in [0.2, 0.25) is 10.0 Å². The number of halogens is 4. The number of carbonyl (C=O) groups is 1. The van der Waals surface area contributed by atoms with E-state index in [1.54, 1.807) is 42.5 Å². The van der Waals surface area contributed by atoms with E-state index in [9.17, 15) is 9.18 Å². The maximum absolute atomic E-state index is 13.0. The summed E-state index contributed by atoms with van der Waals surface area (Å²) in [5.41, 5.74) is 2.15. The fraction of sp³-hybridized carbons (Fsp3) is 0.0435. The van der Waals surface area contributed by atoms with Crippen molar-refractivity contribution in [2.45, 2.75) is 6.61 Å². The average Bonchev–Trinajstić information content (AvgIpc) is 3.02. The number of hydrogen-bond acceptors (Lipinski definition) is 4. The van der Waals surface area contributed by atoms with Crippen LogP contribution in [0.5, 0.6) is 5.75 Å². The Hall–Kier alpha value is -1.90. The third kappa shape index (κ3) is 5.18. The molecular formula is C23H13BrCl2FNO2S2. The number of benzene rings is 3. The Labute approximate surface area is 212 Å². The third-order valence-corrected chi connectivity index (χ3v) is 6.97. The lowest BCUT2D eigenvalue weighted by Crippen LogP contribution is -2.27. The van der Waals surface area contributed by atoms with E-state index >= 15 is 0 Å². The summed E-state index contributed by atoms with van der Waals surface area (Å²) in [6.07, 6.45) is 1.76. The lowest BCUT2D eigenvalue weighted by Gasteiger charge is -2.16. The largest absolute Gasteiger partial charge is 0.488 e. The van der Waals surface area contributed by atoms with Gasteiger partial charge in [0.1, 0.15) is 18.2 Å². The van der Waals surface area contributed by atoms with E-state index in [2.05, 4.69) is 15.9 Å². The Kier molecular flexibility index (Phi) is 7.22. The van der Waals surface area contributed by atoms with Gasteiger partial charge in [-0.25, -0.2) is 4.39 Å². The summed E-state index contributed by atoms with van der Waals surface area (Å²) in [5.74, 6) is 0.0898. The molecule has 3 aromatic rings. The second kappa shape index (κ2) is 9.93. The summed E-state index contributed by atoms with van der Waals surface area (Å²) in [4.78, 5) is 14.9. The van der Waals surface area contributed by atoms with E-state index in [0.717, 1.165) is 15.6 Å². The van der Waals surface area contributed by atoms with Crippen LogP contribution in [0.15, 0.2) is 70.0 Å². The number of ether oxygens (including phenoxy) is 1. The zero-order valence-corrected chi connectivity index (χ0v) is 20.9. The van der Waals surface area contributed by atoms with Gasteiger partial charge in [-0.2, -0.15) is 0 Å². The molecule has 0 unspecified atom stereocenters. The maximum Gasteiger partial charge on any atom is 0.270 e. The highest BCUT2D eigenvalue weighted by Crippen LogP contribution is 2.40. The normalized spacial score (nSPS) is 15.0. The summed E-state index contributed by atoms with van der Waals surface area (Å²) < 4.78 is 20.0. The first-order chi connectivity index (χ1) is 15.3. The number of carbonyl (C=O) groups excluding carboxylic acids is 1. The molecule has 1 saturated heterocycles. The second-order valence-electron chi connectivity index (χ2n) is 6.72. The SMILES string of the molecule is O=C1/C(=C\c2ccc(OCc3ccc(F)cc3)c(Br)c2)SC(=S)N1c1ccc(Cl)cc1Cl. The Bertz CT molecular complexity index is 1250. The Balaban J connectivity index is 1.51. The zero-order chi connectivity index (χ0) is 22.8. The molecule has 0 N–H and O–H groups in total. The van der Waals surface area contributed by atoms with Crippen LogP contribution in [0, 0.1) is 5.82 Å². The Morgan fingerprint density at radius 3 is 2.53 bits per heavy atom. The zero-order valence-electron chi connectivity index (χ0n) is 16.2. The molecule has 3 nitrogen and oxygen atoms in total. The van der Waals surface area contributed by atoms with Crippen molar-refractivity contribution in [3.05, 3.63) is 97.0 Å². The van der Waals surface area contributed by atoms with Crippen molar-refractivity contribution < 1.29 is 13.9 Å².